The van der Waals surface area contributed by atoms with E-state index in [1.807, 2.05) is 25.7 Å². The van der Waals surface area contributed by atoms with Gasteiger partial charge >= 0.3 is 6.01 Å². The van der Waals surface area contributed by atoms with E-state index in [0.29, 0.717) is 31.8 Å². The van der Waals surface area contributed by atoms with Crippen molar-refractivity contribution in [2.24, 2.45) is 0 Å². The maximum absolute atomic E-state index is 11.9. The molecule has 1 aromatic rings. The highest BCUT2D eigenvalue weighted by atomic mass is 16.4. The topological polar surface area (TPSA) is 91.5 Å². The molecule has 7 heteroatoms. The highest BCUT2D eigenvalue weighted by molar-refractivity contribution is 5.90. The lowest BCUT2D eigenvalue weighted by molar-refractivity contribution is -0.118. The highest BCUT2D eigenvalue weighted by Gasteiger charge is 2.28. The lowest BCUT2D eigenvalue weighted by Gasteiger charge is -2.35. The van der Waals surface area contributed by atoms with Crippen molar-refractivity contribution in [1.29, 1.82) is 0 Å². The van der Waals surface area contributed by atoms with E-state index in [1.165, 1.54) is 0 Å². The van der Waals surface area contributed by atoms with Crippen molar-refractivity contribution in [1.82, 2.24) is 15.1 Å². The number of hydrogen-bond donors (Lipinski definition) is 2. The summed E-state index contributed by atoms with van der Waals surface area (Å²) < 4.78 is 5.33. The molecule has 1 amide bonds. The first kappa shape index (κ1) is 14.9. The first-order valence-electron chi connectivity index (χ1n) is 6.94. The summed E-state index contributed by atoms with van der Waals surface area (Å²) in [6.07, 6.45) is 1.36. The van der Waals surface area contributed by atoms with E-state index in [4.69, 9.17) is 4.42 Å². The molecule has 1 aliphatic heterocycles. The van der Waals surface area contributed by atoms with Crippen LogP contribution >= 0.6 is 0 Å². The molecule has 2 rings (SSSR count). The number of nitrogens with one attached hydrogen (secondary N) is 1. The Morgan fingerprint density at radius 3 is 2.65 bits per heavy atom. The van der Waals surface area contributed by atoms with Gasteiger partial charge in [0.1, 0.15) is 0 Å². The van der Waals surface area contributed by atoms with Crippen molar-refractivity contribution >= 4 is 11.9 Å². The molecule has 2 N–H and O–H groups in total. The monoisotopic (exact) mass is 282 g/mol. The van der Waals surface area contributed by atoms with Gasteiger partial charge in [0.25, 0.3) is 0 Å². The average molecular weight is 282 g/mol. The minimum Gasteiger partial charge on any atom is -0.408 e. The van der Waals surface area contributed by atoms with Gasteiger partial charge < -0.3 is 9.52 Å². The Hall–Kier alpha value is -1.47. The van der Waals surface area contributed by atoms with Crippen LogP contribution in [-0.2, 0) is 4.79 Å². The predicted octanol–water partition coefficient (Wildman–Crippen LogP) is 0.978. The zero-order chi connectivity index (χ0) is 14.8. The van der Waals surface area contributed by atoms with E-state index >= 15 is 0 Å². The van der Waals surface area contributed by atoms with Gasteiger partial charge in [0.05, 0.1) is 12.1 Å². The number of piperidine rings is 1. The molecule has 1 aliphatic rings. The SMILES string of the molecule is CC(C)c1nnc(NC(=O)CN2CCC(C)(O)CC2)o1. The van der Waals surface area contributed by atoms with Crippen molar-refractivity contribution in [3.05, 3.63) is 5.89 Å². The molecule has 0 aromatic carbocycles. The van der Waals surface area contributed by atoms with E-state index in [2.05, 4.69) is 15.5 Å². The Bertz CT molecular complexity index is 460. The number of amides is 1. The summed E-state index contributed by atoms with van der Waals surface area (Å²) >= 11 is 0. The van der Waals surface area contributed by atoms with Gasteiger partial charge in [-0.1, -0.05) is 18.9 Å². The fourth-order valence-electron chi connectivity index (χ4n) is 2.07. The van der Waals surface area contributed by atoms with Gasteiger partial charge in [-0.2, -0.15) is 0 Å². The molecule has 0 spiro atoms. The van der Waals surface area contributed by atoms with E-state index in [1.54, 1.807) is 0 Å². The largest absolute Gasteiger partial charge is 0.408 e. The van der Waals surface area contributed by atoms with Crippen LogP contribution in [0, 0.1) is 0 Å². The van der Waals surface area contributed by atoms with E-state index in [9.17, 15) is 9.90 Å². The van der Waals surface area contributed by atoms with E-state index < -0.39 is 5.60 Å². The highest BCUT2D eigenvalue weighted by Crippen LogP contribution is 2.21. The number of carbonyl (C=O) groups is 1. The van der Waals surface area contributed by atoms with E-state index in [-0.39, 0.29) is 24.4 Å². The Balaban J connectivity index is 1.80. The molecule has 0 bridgehead atoms. The van der Waals surface area contributed by atoms with Crippen LogP contribution in [0.5, 0.6) is 0 Å². The number of carbonyl (C=O) groups excluding carboxylic acids is 1. The van der Waals surface area contributed by atoms with Gasteiger partial charge in [-0.15, -0.1) is 5.10 Å². The number of hydrogen-bond acceptors (Lipinski definition) is 6. The van der Waals surface area contributed by atoms with Crippen LogP contribution in [0.3, 0.4) is 0 Å². The summed E-state index contributed by atoms with van der Waals surface area (Å²) in [6.45, 7) is 7.41. The van der Waals surface area contributed by atoms with Crippen molar-refractivity contribution in [2.75, 3.05) is 25.0 Å². The van der Waals surface area contributed by atoms with Gasteiger partial charge in [-0.3, -0.25) is 15.0 Å². The summed E-state index contributed by atoms with van der Waals surface area (Å²) in [7, 11) is 0. The number of aromatic nitrogens is 2. The van der Waals surface area contributed by atoms with Gasteiger partial charge in [0.15, 0.2) is 0 Å². The normalized spacial score (nSPS) is 19.2. The second-order valence-electron chi connectivity index (χ2n) is 5.92. The van der Waals surface area contributed by atoms with Crippen LogP contribution < -0.4 is 5.32 Å². The standard InChI is InChI=1S/C13H22N4O3/c1-9(2)11-15-16-12(20-11)14-10(18)8-17-6-4-13(3,19)5-7-17/h9,19H,4-8H2,1-3H3,(H,14,16,18). The lowest BCUT2D eigenvalue weighted by Crippen LogP contribution is -2.45. The quantitative estimate of drug-likeness (QED) is 0.855. The van der Waals surface area contributed by atoms with Gasteiger partial charge in [-0.25, -0.2) is 0 Å². The van der Waals surface area contributed by atoms with Crippen LogP contribution in [0.15, 0.2) is 4.42 Å². The second kappa shape index (κ2) is 5.88. The molecule has 0 aliphatic carbocycles. The third-order valence-electron chi connectivity index (χ3n) is 3.48. The molecule has 0 radical (unpaired) electrons. The zero-order valence-corrected chi connectivity index (χ0v) is 12.2. The molecule has 1 fully saturated rings. The van der Waals surface area contributed by atoms with Gasteiger partial charge in [0, 0.05) is 19.0 Å². The Morgan fingerprint density at radius 2 is 2.10 bits per heavy atom. The molecule has 2 heterocycles. The smallest absolute Gasteiger partial charge is 0.322 e. The Morgan fingerprint density at radius 1 is 1.45 bits per heavy atom. The first-order valence-corrected chi connectivity index (χ1v) is 6.94. The van der Waals surface area contributed by atoms with Crippen molar-refractivity contribution < 1.29 is 14.3 Å². The van der Waals surface area contributed by atoms with E-state index in [0.717, 1.165) is 0 Å². The molecule has 0 saturated carbocycles. The first-order chi connectivity index (χ1) is 9.35. The van der Waals surface area contributed by atoms with Crippen LogP contribution in [0.2, 0.25) is 0 Å². The number of rotatable bonds is 4. The Kier molecular flexibility index (Phi) is 4.39. The molecule has 0 atom stereocenters. The summed E-state index contributed by atoms with van der Waals surface area (Å²) in [5.74, 6) is 0.470. The predicted molar refractivity (Wildman–Crippen MR) is 73.3 cm³/mol. The third-order valence-corrected chi connectivity index (χ3v) is 3.48. The summed E-state index contributed by atoms with van der Waals surface area (Å²) in [4.78, 5) is 13.9. The van der Waals surface area contributed by atoms with Crippen molar-refractivity contribution in [2.45, 2.75) is 45.1 Å². The number of likely N-dealkylation sites (tertiary alicyclic amines) is 1. The molecular formula is C13H22N4O3. The number of aliphatic hydroxyl groups is 1. The Labute approximate surface area is 118 Å². The van der Waals surface area contributed by atoms with Crippen molar-refractivity contribution in [3.8, 4) is 0 Å². The third kappa shape index (κ3) is 4.01. The summed E-state index contributed by atoms with van der Waals surface area (Å²) in [5, 5.41) is 20.1. The minimum atomic E-state index is -0.606. The fraction of sp³-hybridized carbons (Fsp3) is 0.769. The van der Waals surface area contributed by atoms with Crippen LogP contribution in [-0.4, -0.2) is 51.3 Å². The van der Waals surface area contributed by atoms with Gasteiger partial charge in [0.2, 0.25) is 11.8 Å². The van der Waals surface area contributed by atoms with Crippen LogP contribution in [0.4, 0.5) is 6.01 Å². The minimum absolute atomic E-state index is 0.137. The van der Waals surface area contributed by atoms with Crippen LogP contribution in [0.25, 0.3) is 0 Å². The zero-order valence-electron chi connectivity index (χ0n) is 12.2. The lowest BCUT2D eigenvalue weighted by atomic mass is 9.94. The molecule has 20 heavy (non-hydrogen) atoms. The molecular weight excluding hydrogens is 260 g/mol. The number of anilines is 1. The fourth-order valence-corrected chi connectivity index (χ4v) is 2.07. The average Bonchev–Trinajstić information content (AvgIpc) is 2.80. The van der Waals surface area contributed by atoms with Crippen LogP contribution in [0.1, 0.15) is 45.4 Å². The number of nitrogens with zero attached hydrogens (tertiary/aromatic N) is 3. The second-order valence-corrected chi connectivity index (χ2v) is 5.92. The maximum Gasteiger partial charge on any atom is 0.322 e. The molecule has 1 saturated heterocycles. The maximum atomic E-state index is 11.9. The van der Waals surface area contributed by atoms with Crippen molar-refractivity contribution in [3.63, 3.8) is 0 Å². The summed E-state index contributed by atoms with van der Waals surface area (Å²) in [6, 6.07) is 0.141. The van der Waals surface area contributed by atoms with Gasteiger partial charge in [-0.05, 0) is 19.8 Å². The summed E-state index contributed by atoms with van der Waals surface area (Å²) in [5.41, 5.74) is -0.606. The molecule has 112 valence electrons. The molecule has 1 aromatic heterocycles. The molecule has 7 nitrogen and oxygen atoms in total. The molecule has 0 unspecified atom stereocenters.